The Kier molecular flexibility index (Phi) is 20.6. The van der Waals surface area contributed by atoms with E-state index in [1.807, 2.05) is 79.7 Å². The summed E-state index contributed by atoms with van der Waals surface area (Å²) < 4.78 is 260. The molecular formula is C84H84F3Ir2N7O7S-4. The summed E-state index contributed by atoms with van der Waals surface area (Å²) in [5.74, 6) is -2.87. The van der Waals surface area contributed by atoms with Crippen LogP contribution in [0.2, 0.25) is 0 Å². The molecule has 9 aromatic heterocycles. The van der Waals surface area contributed by atoms with Crippen molar-refractivity contribution >= 4 is 54.3 Å². The van der Waals surface area contributed by atoms with Gasteiger partial charge in [0.1, 0.15) is 5.58 Å². The molecule has 2 atom stereocenters. The molecule has 2 radical (unpaired) electrons. The number of fused-ring (bicyclic) bond motifs is 6. The van der Waals surface area contributed by atoms with Gasteiger partial charge in [-0.25, -0.2) is 9.97 Å². The summed E-state index contributed by atoms with van der Waals surface area (Å²) in [6, 6.07) is 57.8. The van der Waals surface area contributed by atoms with Gasteiger partial charge in [-0.15, -0.1) is 126 Å². The molecule has 3 N–H and O–H groups in total. The van der Waals surface area contributed by atoms with Crippen LogP contribution in [0, 0.1) is 93.1 Å². The molecule has 5 aromatic carbocycles. The second kappa shape index (κ2) is 39.5. The summed E-state index contributed by atoms with van der Waals surface area (Å²) in [6.45, 7) is -8.66. The number of furan rings is 2. The van der Waals surface area contributed by atoms with Crippen molar-refractivity contribution in [3.05, 3.63) is 280 Å². The van der Waals surface area contributed by atoms with Gasteiger partial charge in [0.2, 0.25) is 11.4 Å². The van der Waals surface area contributed by atoms with E-state index in [-0.39, 0.29) is 79.8 Å². The molecule has 0 bridgehead atoms. The van der Waals surface area contributed by atoms with Gasteiger partial charge in [-0.05, 0) is 179 Å². The van der Waals surface area contributed by atoms with E-state index in [4.69, 9.17) is 66.3 Å². The molecule has 9 heterocycles. The Labute approximate surface area is 670 Å². The van der Waals surface area contributed by atoms with E-state index in [0.717, 1.165) is 77.5 Å². The van der Waals surface area contributed by atoms with Crippen molar-refractivity contribution in [1.82, 2.24) is 34.9 Å². The summed E-state index contributed by atoms with van der Waals surface area (Å²) in [7, 11) is -3.84. The van der Waals surface area contributed by atoms with Crippen molar-refractivity contribution in [2.75, 3.05) is 14.2 Å². The predicted molar refractivity (Wildman–Crippen MR) is 403 cm³/mol. The Bertz CT molecular complexity index is 6140. The molecule has 14 aromatic rings. The van der Waals surface area contributed by atoms with Gasteiger partial charge in [0.25, 0.3) is 0 Å². The minimum absolute atomic E-state index is 0. The van der Waals surface area contributed by atoms with Crippen LogP contribution in [0.3, 0.4) is 0 Å². The number of hydrogen-bond acceptors (Lipinski definition) is 13. The number of para-hydroxylation sites is 1. The van der Waals surface area contributed by atoms with Crippen LogP contribution in [0.15, 0.2) is 198 Å². The predicted octanol–water partition coefficient (Wildman–Crippen LogP) is 20.5. The Morgan fingerprint density at radius 1 is 0.452 bits per heavy atom. The maximum absolute atomic E-state index is 10.7. The van der Waals surface area contributed by atoms with Crippen LogP contribution in [0.5, 0.6) is 0 Å². The van der Waals surface area contributed by atoms with Crippen LogP contribution in [-0.2, 0) is 50.3 Å². The van der Waals surface area contributed by atoms with Gasteiger partial charge in [-0.1, -0.05) is 91.6 Å². The zero-order valence-electron chi connectivity index (χ0n) is 81.8. The fraction of sp³-hybridized carbons (Fsp3) is 0.226. The molecular weight excluding hydrogens is 1690 g/mol. The first kappa shape index (κ1) is 54.3. The van der Waals surface area contributed by atoms with E-state index in [0.29, 0.717) is 77.7 Å². The summed E-state index contributed by atoms with van der Waals surface area (Å²) in [5.41, 5.74) is 5.94. The van der Waals surface area contributed by atoms with Crippen molar-refractivity contribution in [1.29, 1.82) is 0 Å². The Morgan fingerprint density at radius 2 is 0.894 bits per heavy atom. The molecule has 104 heavy (non-hydrogen) atoms. The van der Waals surface area contributed by atoms with Crippen molar-refractivity contribution < 1.29 is 120 Å². The van der Waals surface area contributed by atoms with E-state index < -0.39 is 82.3 Å². The molecule has 20 heteroatoms. The maximum Gasteiger partial charge on any atom is 0.522 e. The zero-order valence-corrected chi connectivity index (χ0v) is 62.4. The van der Waals surface area contributed by atoms with Gasteiger partial charge in [0, 0.05) is 153 Å². The number of rotatable bonds is 7. The van der Waals surface area contributed by atoms with Crippen molar-refractivity contribution in [3.63, 3.8) is 0 Å². The number of pyridine rings is 7. The summed E-state index contributed by atoms with van der Waals surface area (Å²) in [6.07, 6.45) is 7.17. The number of halogens is 3. The topological polar surface area (TPSA) is 211 Å². The van der Waals surface area contributed by atoms with Crippen molar-refractivity contribution in [2.45, 2.75) is 114 Å². The van der Waals surface area contributed by atoms with E-state index in [9.17, 15) is 13.2 Å². The van der Waals surface area contributed by atoms with Gasteiger partial charge in [-0.3, -0.25) is 9.54 Å². The molecule has 14 rings (SSSR count). The SMILES string of the molecule is CO.CO.O=S(=O)(O)C(F)(F)F.[2H]C([2H])([2H])c1cc(-c2[c-]cccc2)ncc1C.[2H]C([2H])([2H])c1ccc2c(n1)oc1c(-c3cc(C(C)C([2H])([2H])[2H])c(C)cn3)[c-]ccc12.[2H]C([2H])([2H])c1ccc2c(n1)oc1c(-c3cc(C([2H])(C)C([2H])([2H])[2H])c(C([2H])([2H])[2H])cn3)cccc12.[2H]C([2H])([2H])c1cnc(-c2[c-]cccc2)cc1C.[2H]C([2H])([2H])c1cnc(-c2[c-]cccc2)cc1C.[Ir].[Ir]. The van der Waals surface area contributed by atoms with Crippen LogP contribution in [0.4, 0.5) is 13.2 Å². The summed E-state index contributed by atoms with van der Waals surface area (Å²) >= 11 is 0. The molecule has 14 nitrogen and oxygen atoms in total. The summed E-state index contributed by atoms with van der Waals surface area (Å²) in [5, 5.41) is 16.7. The number of aliphatic hydroxyl groups is 2. The number of hydrogen-bond donors (Lipinski definition) is 3. The number of aromatic nitrogens is 7. The van der Waals surface area contributed by atoms with Crippen LogP contribution in [0.1, 0.15) is 141 Å². The standard InChI is InChI=1S/C21H20N2O.C21H19N2O.3C13H12N.CHF3O3S.2CH4O.2Ir/c2*1-12(2)18-10-19(22-11-13(18)3)17-7-5-6-15-16-9-8-14(4)23-21(16)24-20(15)17;3*1-10-8-13(14-9-11(10)2)12-6-4-3-5-7-12;2-1(3,4)8(5,6)7;2*1-2;;/h5-12H,1-4H3;5-6,8-12H,1-4H3;3*3-6,8-9H,1-2H3;(H,5,6,7);2*2H,1H3;;/q;4*-1;;;;;/i1D3,3D3,4D3,12D;1D3,4D3;2*2D3;1D3;;;;;. The number of benzene rings is 5. The average Bonchev–Trinajstić information content (AvgIpc) is 1.35. The normalized spacial score (nSPS) is 16.0. The molecule has 546 valence electrons. The first-order valence-electron chi connectivity index (χ1n) is 43.0. The molecule has 2 unspecified atom stereocenters. The minimum atomic E-state index is -5.84. The van der Waals surface area contributed by atoms with E-state index in [1.54, 1.807) is 107 Å². The minimum Gasteiger partial charge on any atom is -0.486 e. The fourth-order valence-electron chi connectivity index (χ4n) is 9.48. The van der Waals surface area contributed by atoms with Crippen molar-refractivity contribution in [2.24, 2.45) is 0 Å². The van der Waals surface area contributed by atoms with Crippen LogP contribution >= 0.6 is 0 Å². The second-order valence-corrected chi connectivity index (χ2v) is 23.3. The van der Waals surface area contributed by atoms with Crippen LogP contribution in [-0.4, -0.2) is 77.8 Å². The van der Waals surface area contributed by atoms with Gasteiger partial charge in [0.15, 0.2) is 0 Å². The average molecular weight is 1800 g/mol. The van der Waals surface area contributed by atoms with Crippen LogP contribution in [0.25, 0.3) is 100 Å². The number of aliphatic hydroxyl groups excluding tert-OH is 2. The molecule has 0 saturated heterocycles. The van der Waals surface area contributed by atoms with E-state index in [1.165, 1.54) is 30.6 Å². The van der Waals surface area contributed by atoms with Crippen LogP contribution < -0.4 is 0 Å². The first-order chi connectivity index (χ1) is 58.7. The van der Waals surface area contributed by atoms with Gasteiger partial charge < -0.3 is 39.0 Å². The molecule has 0 amide bonds. The first-order valence-corrected chi connectivity index (χ1v) is 31.9. The molecule has 0 spiro atoms. The second-order valence-electron chi connectivity index (χ2n) is 21.9. The third-order valence-electron chi connectivity index (χ3n) is 14.7. The van der Waals surface area contributed by atoms with Crippen molar-refractivity contribution in [3.8, 4) is 56.3 Å². The summed E-state index contributed by atoms with van der Waals surface area (Å²) in [4.78, 5) is 29.6. The third-order valence-corrected chi connectivity index (χ3v) is 15.3. The largest absolute Gasteiger partial charge is 0.522 e. The quantitative estimate of drug-likeness (QED) is 0.0770. The van der Waals surface area contributed by atoms with E-state index in [2.05, 4.69) is 59.2 Å². The number of nitrogens with zero attached hydrogens (tertiary/aromatic N) is 7. The maximum atomic E-state index is 10.7. The van der Waals surface area contributed by atoms with Gasteiger partial charge in [-0.2, -0.15) is 21.6 Å². The molecule has 0 aliphatic heterocycles. The third kappa shape index (κ3) is 22.3. The van der Waals surface area contributed by atoms with Gasteiger partial charge >= 0.3 is 15.6 Å². The Hall–Kier alpha value is -9.33. The Balaban J connectivity index is 0.000000283. The fourth-order valence-corrected chi connectivity index (χ4v) is 9.48. The molecule has 0 saturated carbocycles. The Morgan fingerprint density at radius 3 is 1.35 bits per heavy atom. The smallest absolute Gasteiger partial charge is 0.486 e. The monoisotopic (exact) mass is 1800 g/mol. The number of alkyl halides is 3. The molecule has 0 aliphatic carbocycles. The molecule has 0 fully saturated rings. The molecule has 0 aliphatic rings. The van der Waals surface area contributed by atoms with Gasteiger partial charge in [0.05, 0.1) is 11.3 Å². The zero-order chi connectivity index (χ0) is 95.5. The number of aryl methyl sites for hydroxylation is 10. The van der Waals surface area contributed by atoms with E-state index >= 15 is 0 Å².